The van der Waals surface area contributed by atoms with Crippen molar-refractivity contribution >= 4 is 23.4 Å². The van der Waals surface area contributed by atoms with Crippen molar-refractivity contribution in [3.05, 3.63) is 30.1 Å². The van der Waals surface area contributed by atoms with Crippen molar-refractivity contribution < 1.29 is 9.53 Å². The number of nitrogens with one attached hydrogen (secondary N) is 1. The maximum atomic E-state index is 12.7. The lowest BCUT2D eigenvalue weighted by Gasteiger charge is -2.40. The highest BCUT2D eigenvalue weighted by molar-refractivity contribution is 5.70. The first-order chi connectivity index (χ1) is 14.7. The van der Waals surface area contributed by atoms with Crippen molar-refractivity contribution in [3.8, 4) is 6.07 Å². The average molecular weight is 424 g/mol. The number of carbonyl (C=O) groups excluding carboxylic acids is 1. The number of piperidine rings is 1. The van der Waals surface area contributed by atoms with Gasteiger partial charge in [-0.3, -0.25) is 4.68 Å². The molecule has 1 amide bonds. The topological polar surface area (TPSA) is 99.3 Å². The normalized spacial score (nSPS) is 20.9. The Morgan fingerprint density at radius 2 is 2.06 bits per heavy atom. The molecule has 2 fully saturated rings. The number of carbonyl (C=O) groups is 1. The number of aryl methyl sites for hydroxylation is 1. The average Bonchev–Trinajstić information content (AvgIpc) is 3.32. The van der Waals surface area contributed by atoms with Crippen molar-refractivity contribution in [2.75, 3.05) is 23.3 Å². The van der Waals surface area contributed by atoms with Crippen LogP contribution in [0.2, 0.25) is 0 Å². The van der Waals surface area contributed by atoms with Gasteiger partial charge in [0.25, 0.3) is 0 Å². The summed E-state index contributed by atoms with van der Waals surface area (Å²) in [7, 11) is 1.84. The van der Waals surface area contributed by atoms with Gasteiger partial charge in [-0.05, 0) is 52.2 Å². The fourth-order valence-corrected chi connectivity index (χ4v) is 4.43. The Labute approximate surface area is 182 Å². The van der Waals surface area contributed by atoms with Crippen LogP contribution in [-0.4, -0.2) is 56.5 Å². The van der Waals surface area contributed by atoms with Crippen LogP contribution in [0.5, 0.6) is 0 Å². The van der Waals surface area contributed by atoms with Crippen molar-refractivity contribution in [1.82, 2.24) is 19.7 Å². The zero-order valence-electron chi connectivity index (χ0n) is 18.5. The second-order valence-corrected chi connectivity index (χ2v) is 9.14. The predicted octanol–water partition coefficient (Wildman–Crippen LogP) is 3.41. The number of aromatic nitrogens is 3. The molecule has 4 rings (SSSR count). The minimum atomic E-state index is -0.509. The zero-order chi connectivity index (χ0) is 22.2. The number of rotatable bonds is 3. The molecule has 2 aliphatic rings. The van der Waals surface area contributed by atoms with Crippen molar-refractivity contribution in [3.63, 3.8) is 0 Å². The first kappa shape index (κ1) is 21.0. The molecule has 0 spiro atoms. The molecule has 2 aromatic rings. The molecule has 9 nitrogen and oxygen atoms in total. The molecule has 164 valence electrons. The number of likely N-dealkylation sites (tertiary alicyclic amines) is 1. The second kappa shape index (κ2) is 8.10. The van der Waals surface area contributed by atoms with Gasteiger partial charge in [-0.15, -0.1) is 0 Å². The summed E-state index contributed by atoms with van der Waals surface area (Å²) in [5.41, 5.74) is 0.741. The van der Waals surface area contributed by atoms with Gasteiger partial charge in [-0.1, -0.05) is 0 Å². The summed E-state index contributed by atoms with van der Waals surface area (Å²) in [5.74, 6) is 1.32. The molecule has 0 radical (unpaired) electrons. The highest BCUT2D eigenvalue weighted by atomic mass is 16.6. The summed E-state index contributed by atoms with van der Waals surface area (Å²) in [6, 6.07) is 6.19. The molecule has 1 N–H and O–H groups in total. The van der Waals surface area contributed by atoms with Crippen LogP contribution >= 0.6 is 0 Å². The van der Waals surface area contributed by atoms with E-state index in [0.29, 0.717) is 17.9 Å². The Kier molecular flexibility index (Phi) is 5.48. The number of nitrogens with zero attached hydrogens (tertiary/aromatic N) is 6. The largest absolute Gasteiger partial charge is 0.444 e. The molecule has 9 heteroatoms. The molecule has 2 unspecified atom stereocenters. The van der Waals surface area contributed by atoms with Crippen LogP contribution < -0.4 is 10.2 Å². The Bertz CT molecular complexity index is 1000. The Hall–Kier alpha value is -3.28. The molecule has 0 bridgehead atoms. The number of hydrogen-bond acceptors (Lipinski definition) is 7. The fourth-order valence-electron chi connectivity index (χ4n) is 4.43. The lowest BCUT2D eigenvalue weighted by Crippen LogP contribution is -2.52. The molecule has 0 saturated carbocycles. The Morgan fingerprint density at radius 3 is 2.74 bits per heavy atom. The van der Waals surface area contributed by atoms with Gasteiger partial charge in [-0.2, -0.15) is 10.4 Å². The van der Waals surface area contributed by atoms with Gasteiger partial charge in [0.2, 0.25) is 0 Å². The maximum absolute atomic E-state index is 12.7. The first-order valence-electron chi connectivity index (χ1n) is 10.7. The Morgan fingerprint density at radius 1 is 1.26 bits per heavy atom. The van der Waals surface area contributed by atoms with E-state index in [1.165, 1.54) is 0 Å². The lowest BCUT2D eigenvalue weighted by atomic mass is 9.97. The molecule has 31 heavy (non-hydrogen) atoms. The molecule has 2 aliphatic heterocycles. The van der Waals surface area contributed by atoms with E-state index in [1.54, 1.807) is 16.9 Å². The van der Waals surface area contributed by atoms with Crippen LogP contribution in [0.25, 0.3) is 0 Å². The van der Waals surface area contributed by atoms with Crippen LogP contribution in [-0.2, 0) is 11.8 Å². The third kappa shape index (κ3) is 4.43. The van der Waals surface area contributed by atoms with Gasteiger partial charge in [0.1, 0.15) is 17.5 Å². The smallest absolute Gasteiger partial charge is 0.410 e. The summed E-state index contributed by atoms with van der Waals surface area (Å²) in [5, 5.41) is 16.9. The Balaban J connectivity index is 1.56. The molecule has 2 saturated heterocycles. The number of ether oxygens (including phenoxy) is 1. The minimum absolute atomic E-state index is 0.107. The standard InChI is InChI=1S/C22H29N7O2/c1-22(2,3)31-21(30)29-11-9-18-17(29)6-5-10-28(18)19-8-7-15(12-23)20(26-19)25-16-13-24-27(4)14-16/h7-8,13-14,17-18H,5-6,9-11H2,1-4H3,(H,25,26). The van der Waals surface area contributed by atoms with Crippen molar-refractivity contribution in [2.24, 2.45) is 7.05 Å². The van der Waals surface area contributed by atoms with Crippen LogP contribution in [0.1, 0.15) is 45.6 Å². The predicted molar refractivity (Wildman–Crippen MR) is 117 cm³/mol. The summed E-state index contributed by atoms with van der Waals surface area (Å²) in [6.45, 7) is 7.22. The molecule has 4 heterocycles. The SMILES string of the molecule is Cn1cc(Nc2nc(N3CCCC4C3CCN4C(=O)OC(C)(C)C)ccc2C#N)cn1. The van der Waals surface area contributed by atoms with Crippen LogP contribution in [0.3, 0.4) is 0 Å². The van der Waals surface area contributed by atoms with Gasteiger partial charge < -0.3 is 19.9 Å². The van der Waals surface area contributed by atoms with Gasteiger partial charge in [0, 0.05) is 26.3 Å². The fraction of sp³-hybridized carbons (Fsp3) is 0.545. The quantitative estimate of drug-likeness (QED) is 0.807. The number of amides is 1. The minimum Gasteiger partial charge on any atom is -0.444 e. The van der Waals surface area contributed by atoms with Crippen LogP contribution in [0.4, 0.5) is 22.1 Å². The van der Waals surface area contributed by atoms with Crippen molar-refractivity contribution in [1.29, 1.82) is 5.26 Å². The van der Waals surface area contributed by atoms with Gasteiger partial charge in [0.05, 0.1) is 29.5 Å². The van der Waals surface area contributed by atoms with Crippen LogP contribution in [0, 0.1) is 11.3 Å². The van der Waals surface area contributed by atoms with E-state index in [2.05, 4.69) is 21.4 Å². The van der Waals surface area contributed by atoms with Crippen LogP contribution in [0.15, 0.2) is 24.5 Å². The maximum Gasteiger partial charge on any atom is 0.410 e. The highest BCUT2D eigenvalue weighted by Crippen LogP contribution is 2.35. The number of fused-ring (bicyclic) bond motifs is 1. The van der Waals surface area contributed by atoms with E-state index in [1.807, 2.05) is 45.0 Å². The number of hydrogen-bond donors (Lipinski definition) is 1. The summed E-state index contributed by atoms with van der Waals surface area (Å²) in [6.07, 6.45) is 6.08. The van der Waals surface area contributed by atoms with E-state index in [0.717, 1.165) is 37.3 Å². The molecule has 0 aromatic carbocycles. The number of pyridine rings is 1. The van der Waals surface area contributed by atoms with E-state index < -0.39 is 5.60 Å². The van der Waals surface area contributed by atoms with E-state index >= 15 is 0 Å². The van der Waals surface area contributed by atoms with Crippen molar-refractivity contribution in [2.45, 2.75) is 57.7 Å². The van der Waals surface area contributed by atoms with E-state index in [-0.39, 0.29) is 18.2 Å². The molecule has 0 aliphatic carbocycles. The van der Waals surface area contributed by atoms with Gasteiger partial charge >= 0.3 is 6.09 Å². The van der Waals surface area contributed by atoms with E-state index in [9.17, 15) is 10.1 Å². The molecule has 2 aromatic heterocycles. The van der Waals surface area contributed by atoms with Gasteiger partial charge in [0.15, 0.2) is 5.82 Å². The third-order valence-corrected chi connectivity index (χ3v) is 5.70. The molecular weight excluding hydrogens is 394 g/mol. The van der Waals surface area contributed by atoms with E-state index in [4.69, 9.17) is 9.72 Å². The summed E-state index contributed by atoms with van der Waals surface area (Å²) in [4.78, 5) is 21.6. The molecule has 2 atom stereocenters. The third-order valence-electron chi connectivity index (χ3n) is 5.70. The summed E-state index contributed by atoms with van der Waals surface area (Å²) >= 11 is 0. The lowest BCUT2D eigenvalue weighted by molar-refractivity contribution is 0.0204. The first-order valence-corrected chi connectivity index (χ1v) is 10.7. The monoisotopic (exact) mass is 423 g/mol. The molecular formula is C22H29N7O2. The number of nitriles is 1. The highest BCUT2D eigenvalue weighted by Gasteiger charge is 2.44. The number of anilines is 3. The van der Waals surface area contributed by atoms with Gasteiger partial charge in [-0.25, -0.2) is 9.78 Å². The zero-order valence-corrected chi connectivity index (χ0v) is 18.5. The second-order valence-electron chi connectivity index (χ2n) is 9.14. The summed E-state index contributed by atoms with van der Waals surface area (Å²) < 4.78 is 7.32.